The molecule has 36 heavy (non-hydrogen) atoms. The lowest BCUT2D eigenvalue weighted by atomic mass is 10.0. The van der Waals surface area contributed by atoms with E-state index in [-0.39, 0.29) is 17.5 Å². The molecule has 8 N–H and O–H groups in total. The van der Waals surface area contributed by atoms with Crippen molar-refractivity contribution < 1.29 is 4.79 Å². The predicted octanol–water partition coefficient (Wildman–Crippen LogP) is 3.90. The number of para-hydroxylation sites is 1. The second-order valence-electron chi connectivity index (χ2n) is 8.15. The average molecular weight is 477 g/mol. The number of carbonyl (C=O) groups excluding carboxylic acids is 1. The molecule has 0 aliphatic heterocycles. The number of aliphatic imine (C=N–C) groups is 1. The summed E-state index contributed by atoms with van der Waals surface area (Å²) in [6, 6.07) is 25.9. The molecule has 0 saturated carbocycles. The first-order valence-electron chi connectivity index (χ1n) is 11.3. The van der Waals surface area contributed by atoms with Crippen molar-refractivity contribution in [3.05, 3.63) is 96.3 Å². The topological polar surface area (TPSA) is 161 Å². The number of H-pyrrole nitrogens is 1. The molecule has 0 radical (unpaired) electrons. The Morgan fingerprint density at radius 1 is 0.861 bits per heavy atom. The summed E-state index contributed by atoms with van der Waals surface area (Å²) in [6.07, 6.45) is 1.94. The number of nitrogens with one attached hydrogen (secondary N) is 2. The van der Waals surface area contributed by atoms with Crippen LogP contribution in [0.15, 0.2) is 90.1 Å². The van der Waals surface area contributed by atoms with E-state index in [2.05, 4.69) is 25.3 Å². The monoisotopic (exact) mass is 476 g/mol. The van der Waals surface area contributed by atoms with Crippen LogP contribution in [0.25, 0.3) is 33.3 Å². The molecule has 0 unspecified atom stereocenters. The lowest BCUT2D eigenvalue weighted by Gasteiger charge is -2.13. The number of aromatic nitrogens is 3. The summed E-state index contributed by atoms with van der Waals surface area (Å²) in [4.78, 5) is 28.4. The Balaban J connectivity index is 1.54. The smallest absolute Gasteiger partial charge is 0.302 e. The molecule has 178 valence electrons. The molecule has 9 heteroatoms. The van der Waals surface area contributed by atoms with E-state index in [4.69, 9.17) is 17.2 Å². The highest BCUT2D eigenvalue weighted by Crippen LogP contribution is 2.30. The highest BCUT2D eigenvalue weighted by molar-refractivity contribution is 6.04. The summed E-state index contributed by atoms with van der Waals surface area (Å²) in [7, 11) is 0. The number of hydrogen-bond acceptors (Lipinski definition) is 5. The summed E-state index contributed by atoms with van der Waals surface area (Å²) in [5.41, 5.74) is 22.2. The number of benzene rings is 3. The number of amides is 1. The lowest BCUT2D eigenvalue weighted by Crippen LogP contribution is -2.25. The zero-order valence-electron chi connectivity index (χ0n) is 19.3. The first-order chi connectivity index (χ1) is 17.5. The van der Waals surface area contributed by atoms with Gasteiger partial charge in [0.05, 0.1) is 0 Å². The summed E-state index contributed by atoms with van der Waals surface area (Å²) >= 11 is 0. The van der Waals surface area contributed by atoms with Crippen LogP contribution < -0.4 is 22.5 Å². The van der Waals surface area contributed by atoms with Crippen molar-refractivity contribution in [2.75, 3.05) is 11.1 Å². The van der Waals surface area contributed by atoms with E-state index in [9.17, 15) is 4.79 Å². The van der Waals surface area contributed by atoms with Crippen molar-refractivity contribution in [3.63, 3.8) is 0 Å². The second kappa shape index (κ2) is 9.59. The third-order valence-corrected chi connectivity index (χ3v) is 5.74. The van der Waals surface area contributed by atoms with E-state index in [1.54, 1.807) is 0 Å². The first-order valence-corrected chi connectivity index (χ1v) is 11.3. The molecule has 2 aromatic heterocycles. The molecule has 0 fully saturated rings. The van der Waals surface area contributed by atoms with Gasteiger partial charge >= 0.3 is 5.91 Å². The zero-order valence-corrected chi connectivity index (χ0v) is 19.3. The van der Waals surface area contributed by atoms with Crippen molar-refractivity contribution in [1.82, 2.24) is 15.0 Å². The highest BCUT2D eigenvalue weighted by Gasteiger charge is 2.19. The number of rotatable bonds is 6. The maximum Gasteiger partial charge on any atom is 0.302 e. The van der Waals surface area contributed by atoms with Crippen molar-refractivity contribution in [3.8, 4) is 22.4 Å². The standard InChI is InChI=1S/C27H24N8O/c28-24-23(26(36)35-27(29)30)33-22(18-12-10-17(11-13-18)16-6-2-1-3-7-16)25(34-24)32-15-19-14-31-21-9-5-4-8-20(19)21/h1-14,31H,15H2,(H3,28,32,34)(H4,29,30,35,36). The number of fused-ring (bicyclic) bond motifs is 1. The van der Waals surface area contributed by atoms with Gasteiger partial charge in [0.1, 0.15) is 5.69 Å². The van der Waals surface area contributed by atoms with Crippen molar-refractivity contribution in [2.24, 2.45) is 16.5 Å². The Bertz CT molecular complexity index is 1570. The summed E-state index contributed by atoms with van der Waals surface area (Å²) in [5.74, 6) is -0.774. The van der Waals surface area contributed by atoms with Crippen LogP contribution in [-0.2, 0) is 6.54 Å². The fraction of sp³-hybridized carbons (Fsp3) is 0.0370. The molecule has 3 aromatic carbocycles. The molecule has 0 aliphatic carbocycles. The van der Waals surface area contributed by atoms with Crippen LogP contribution >= 0.6 is 0 Å². The van der Waals surface area contributed by atoms with Gasteiger partial charge in [0.15, 0.2) is 23.3 Å². The second-order valence-corrected chi connectivity index (χ2v) is 8.15. The minimum absolute atomic E-state index is 0.0731. The fourth-order valence-corrected chi connectivity index (χ4v) is 4.01. The van der Waals surface area contributed by atoms with E-state index in [1.165, 1.54) is 0 Å². The SMILES string of the molecule is NC(N)=NC(=O)c1nc(-c2ccc(-c3ccccc3)cc2)c(NCc2c[nH]c3ccccc23)nc1N. The third kappa shape index (κ3) is 4.58. The average Bonchev–Trinajstić information content (AvgIpc) is 3.31. The summed E-state index contributed by atoms with van der Waals surface area (Å²) in [6.45, 7) is 0.467. The van der Waals surface area contributed by atoms with Crippen molar-refractivity contribution >= 4 is 34.4 Å². The number of guanidine groups is 1. The van der Waals surface area contributed by atoms with Gasteiger partial charge in [-0.1, -0.05) is 72.8 Å². The number of nitrogen functional groups attached to an aromatic ring is 1. The molecule has 0 bridgehead atoms. The van der Waals surface area contributed by atoms with Gasteiger partial charge in [-0.25, -0.2) is 9.97 Å². The Hall–Kier alpha value is -5.18. The van der Waals surface area contributed by atoms with Gasteiger partial charge in [0.2, 0.25) is 0 Å². The number of hydrogen-bond donors (Lipinski definition) is 5. The Kier molecular flexibility index (Phi) is 6.02. The van der Waals surface area contributed by atoms with Crippen LogP contribution in [0.3, 0.4) is 0 Å². The van der Waals surface area contributed by atoms with Crippen LogP contribution in [0, 0.1) is 0 Å². The Labute approximate surface area is 207 Å². The molecule has 9 nitrogen and oxygen atoms in total. The summed E-state index contributed by atoms with van der Waals surface area (Å²) in [5, 5.41) is 4.43. The fourth-order valence-electron chi connectivity index (χ4n) is 4.01. The van der Waals surface area contributed by atoms with E-state index >= 15 is 0 Å². The number of nitrogens with two attached hydrogens (primary N) is 3. The number of aromatic amines is 1. The maximum atomic E-state index is 12.5. The molecule has 5 aromatic rings. The van der Waals surface area contributed by atoms with Gasteiger partial charge in [-0.2, -0.15) is 4.99 Å². The lowest BCUT2D eigenvalue weighted by molar-refractivity contribution is 0.0998. The molecule has 0 atom stereocenters. The van der Waals surface area contributed by atoms with E-state index in [1.807, 2.05) is 85.1 Å². The number of carbonyl (C=O) groups is 1. The molecule has 1 amide bonds. The van der Waals surface area contributed by atoms with Gasteiger partial charge < -0.3 is 27.5 Å². The van der Waals surface area contributed by atoms with Gasteiger partial charge in [-0.05, 0) is 22.8 Å². The quantitative estimate of drug-likeness (QED) is 0.183. The molecule has 2 heterocycles. The Morgan fingerprint density at radius 2 is 1.53 bits per heavy atom. The van der Waals surface area contributed by atoms with Gasteiger partial charge in [-0.3, -0.25) is 4.79 Å². The van der Waals surface area contributed by atoms with Gasteiger partial charge in [0.25, 0.3) is 0 Å². The molecular formula is C27H24N8O. The van der Waals surface area contributed by atoms with E-state index in [0.29, 0.717) is 18.1 Å². The molecule has 0 spiro atoms. The van der Waals surface area contributed by atoms with Crippen LogP contribution in [-0.4, -0.2) is 26.8 Å². The van der Waals surface area contributed by atoms with E-state index in [0.717, 1.165) is 33.2 Å². The minimum Gasteiger partial charge on any atom is -0.382 e. The van der Waals surface area contributed by atoms with Crippen molar-refractivity contribution in [1.29, 1.82) is 0 Å². The number of anilines is 2. The van der Waals surface area contributed by atoms with Crippen LogP contribution in [0.4, 0.5) is 11.6 Å². The number of nitrogens with zero attached hydrogens (tertiary/aromatic N) is 3. The van der Waals surface area contributed by atoms with Gasteiger partial charge in [0, 0.05) is 29.2 Å². The van der Waals surface area contributed by atoms with Crippen LogP contribution in [0.1, 0.15) is 16.1 Å². The normalized spacial score (nSPS) is 10.8. The van der Waals surface area contributed by atoms with E-state index < -0.39 is 5.91 Å². The minimum atomic E-state index is -0.759. The maximum absolute atomic E-state index is 12.5. The Morgan fingerprint density at radius 3 is 2.28 bits per heavy atom. The molecular weight excluding hydrogens is 452 g/mol. The largest absolute Gasteiger partial charge is 0.382 e. The first kappa shape index (κ1) is 22.6. The summed E-state index contributed by atoms with van der Waals surface area (Å²) < 4.78 is 0. The molecule has 0 aliphatic rings. The van der Waals surface area contributed by atoms with Crippen LogP contribution in [0.2, 0.25) is 0 Å². The zero-order chi connectivity index (χ0) is 25.1. The van der Waals surface area contributed by atoms with Crippen molar-refractivity contribution in [2.45, 2.75) is 6.54 Å². The highest BCUT2D eigenvalue weighted by atomic mass is 16.1. The molecule has 0 saturated heterocycles. The third-order valence-electron chi connectivity index (χ3n) is 5.74. The molecule has 5 rings (SSSR count). The van der Waals surface area contributed by atoms with Crippen LogP contribution in [0.5, 0.6) is 0 Å². The predicted molar refractivity (Wildman–Crippen MR) is 143 cm³/mol. The van der Waals surface area contributed by atoms with Gasteiger partial charge in [-0.15, -0.1) is 0 Å².